The van der Waals surface area contributed by atoms with Crippen molar-refractivity contribution >= 4 is 28.8 Å². The molecule has 2 aromatic rings. The van der Waals surface area contributed by atoms with Crippen LogP contribution in [0.25, 0.3) is 5.57 Å². The van der Waals surface area contributed by atoms with Crippen LogP contribution in [0.5, 0.6) is 0 Å². The number of carboxylic acids is 1. The monoisotopic (exact) mass is 335 g/mol. The van der Waals surface area contributed by atoms with Gasteiger partial charge in [-0.05, 0) is 37.5 Å². The third-order valence-corrected chi connectivity index (χ3v) is 4.33. The number of rotatable bonds is 7. The molecule has 3 rings (SSSR count). The largest absolute Gasteiger partial charge is 0.481 e. The second-order valence-electron chi connectivity index (χ2n) is 6.10. The van der Waals surface area contributed by atoms with E-state index < -0.39 is 5.97 Å². The summed E-state index contributed by atoms with van der Waals surface area (Å²) in [4.78, 5) is 25.2. The van der Waals surface area contributed by atoms with Gasteiger partial charge in [-0.25, -0.2) is 0 Å². The lowest BCUT2D eigenvalue weighted by Crippen LogP contribution is -2.20. The summed E-state index contributed by atoms with van der Waals surface area (Å²) in [6.07, 6.45) is 5.40. The minimum Gasteiger partial charge on any atom is -0.481 e. The van der Waals surface area contributed by atoms with Gasteiger partial charge in [0.05, 0.1) is 5.69 Å². The number of fused-ring (bicyclic) bond motifs is 1. The molecule has 0 saturated carbocycles. The van der Waals surface area contributed by atoms with Crippen molar-refractivity contribution < 1.29 is 14.7 Å². The van der Waals surface area contributed by atoms with Crippen LogP contribution in [0.1, 0.15) is 37.7 Å². The number of benzene rings is 2. The fourth-order valence-electron chi connectivity index (χ4n) is 3.12. The lowest BCUT2D eigenvalue weighted by molar-refractivity contribution is -0.137. The summed E-state index contributed by atoms with van der Waals surface area (Å²) in [5.74, 6) is -0.755. The highest BCUT2D eigenvalue weighted by Crippen LogP contribution is 2.41. The summed E-state index contributed by atoms with van der Waals surface area (Å²) >= 11 is 0. The molecule has 4 nitrogen and oxygen atoms in total. The second kappa shape index (κ2) is 7.79. The molecule has 0 aliphatic carbocycles. The van der Waals surface area contributed by atoms with E-state index in [-0.39, 0.29) is 12.3 Å². The van der Waals surface area contributed by atoms with Crippen LogP contribution in [-0.4, -0.2) is 17.0 Å². The molecule has 0 bridgehead atoms. The molecule has 1 amide bonds. The molecule has 25 heavy (non-hydrogen) atoms. The zero-order valence-corrected chi connectivity index (χ0v) is 14.0. The Bertz CT molecular complexity index is 796. The molecule has 1 heterocycles. The van der Waals surface area contributed by atoms with Gasteiger partial charge < -0.3 is 5.11 Å². The van der Waals surface area contributed by atoms with Crippen molar-refractivity contribution in [3.8, 4) is 0 Å². The van der Waals surface area contributed by atoms with Gasteiger partial charge in [0, 0.05) is 23.2 Å². The third-order valence-electron chi connectivity index (χ3n) is 4.33. The van der Waals surface area contributed by atoms with E-state index in [1.165, 1.54) is 0 Å². The van der Waals surface area contributed by atoms with Gasteiger partial charge in [0.25, 0.3) is 5.91 Å². The summed E-state index contributed by atoms with van der Waals surface area (Å²) in [7, 11) is 0. The fraction of sp³-hybridized carbons (Fsp3) is 0.238. The van der Waals surface area contributed by atoms with Crippen LogP contribution in [0.3, 0.4) is 0 Å². The van der Waals surface area contributed by atoms with Gasteiger partial charge in [-0.3, -0.25) is 14.5 Å². The van der Waals surface area contributed by atoms with Crippen molar-refractivity contribution in [1.82, 2.24) is 0 Å². The van der Waals surface area contributed by atoms with Crippen molar-refractivity contribution in [2.75, 3.05) is 4.90 Å². The Morgan fingerprint density at radius 3 is 2.44 bits per heavy atom. The Hall–Kier alpha value is -2.88. The maximum absolute atomic E-state index is 13.0. The minimum absolute atomic E-state index is 0.00191. The summed E-state index contributed by atoms with van der Waals surface area (Å²) < 4.78 is 0. The second-order valence-corrected chi connectivity index (χ2v) is 6.10. The highest BCUT2D eigenvalue weighted by atomic mass is 16.4. The van der Waals surface area contributed by atoms with Crippen LogP contribution >= 0.6 is 0 Å². The SMILES string of the molecule is O=C(O)CCCCC/C=C1/C(=O)N(c2ccccc2)c2ccccc21. The first kappa shape index (κ1) is 17.0. The highest BCUT2D eigenvalue weighted by molar-refractivity contribution is 6.34. The van der Waals surface area contributed by atoms with Gasteiger partial charge >= 0.3 is 5.97 Å². The molecule has 0 saturated heterocycles. The van der Waals surface area contributed by atoms with E-state index >= 15 is 0 Å². The van der Waals surface area contributed by atoms with E-state index in [9.17, 15) is 9.59 Å². The van der Waals surface area contributed by atoms with Gasteiger partial charge in [0.1, 0.15) is 0 Å². The normalized spacial score (nSPS) is 14.8. The van der Waals surface area contributed by atoms with Crippen molar-refractivity contribution in [1.29, 1.82) is 0 Å². The number of carbonyl (C=O) groups excluding carboxylic acids is 1. The number of para-hydroxylation sites is 2. The molecule has 1 N–H and O–H groups in total. The van der Waals surface area contributed by atoms with E-state index in [2.05, 4.69) is 0 Å². The first-order chi connectivity index (χ1) is 12.2. The van der Waals surface area contributed by atoms with Crippen LogP contribution in [0.15, 0.2) is 60.7 Å². The topological polar surface area (TPSA) is 57.6 Å². The van der Waals surface area contributed by atoms with E-state index in [4.69, 9.17) is 5.11 Å². The third kappa shape index (κ3) is 3.79. The highest BCUT2D eigenvalue weighted by Gasteiger charge is 2.32. The van der Waals surface area contributed by atoms with E-state index in [1.807, 2.05) is 60.7 Å². The number of hydrogen-bond acceptors (Lipinski definition) is 2. The molecule has 128 valence electrons. The van der Waals surface area contributed by atoms with Crippen LogP contribution in [0.2, 0.25) is 0 Å². The molecule has 0 spiro atoms. The lowest BCUT2D eigenvalue weighted by atomic mass is 10.0. The number of carbonyl (C=O) groups is 2. The first-order valence-corrected chi connectivity index (χ1v) is 8.59. The molecule has 1 aliphatic heterocycles. The van der Waals surface area contributed by atoms with E-state index in [0.29, 0.717) is 6.42 Å². The van der Waals surface area contributed by atoms with Gasteiger partial charge in [-0.2, -0.15) is 0 Å². The number of anilines is 2. The van der Waals surface area contributed by atoms with Crippen LogP contribution in [0, 0.1) is 0 Å². The molecule has 0 aromatic heterocycles. The van der Waals surface area contributed by atoms with Crippen LogP contribution < -0.4 is 4.90 Å². The van der Waals surface area contributed by atoms with Gasteiger partial charge in [-0.1, -0.05) is 48.9 Å². The standard InChI is InChI=1S/C21H21NO3/c23-20(24)15-7-2-1-6-13-18-17-12-8-9-14-19(17)22(21(18)25)16-10-4-3-5-11-16/h3-5,8-14H,1-2,6-7,15H2,(H,23,24)/b18-13+. The molecular formula is C21H21NO3. The maximum Gasteiger partial charge on any atom is 0.303 e. The van der Waals surface area contributed by atoms with Crippen molar-refractivity contribution in [2.24, 2.45) is 0 Å². The average Bonchev–Trinajstić information content (AvgIpc) is 2.90. The molecule has 0 unspecified atom stereocenters. The van der Waals surface area contributed by atoms with Crippen LogP contribution in [0.4, 0.5) is 11.4 Å². The summed E-state index contributed by atoms with van der Waals surface area (Å²) in [5.41, 5.74) is 3.47. The number of aliphatic carboxylic acids is 1. The van der Waals surface area contributed by atoms with Crippen molar-refractivity contribution in [3.63, 3.8) is 0 Å². The minimum atomic E-state index is -0.753. The molecule has 0 fully saturated rings. The molecule has 2 aromatic carbocycles. The molecule has 0 radical (unpaired) electrons. The zero-order valence-electron chi connectivity index (χ0n) is 14.0. The Morgan fingerprint density at radius 2 is 1.68 bits per heavy atom. The smallest absolute Gasteiger partial charge is 0.303 e. The predicted octanol–water partition coefficient (Wildman–Crippen LogP) is 4.78. The summed E-state index contributed by atoms with van der Waals surface area (Å²) in [5, 5.41) is 8.66. The predicted molar refractivity (Wildman–Crippen MR) is 98.7 cm³/mol. The van der Waals surface area contributed by atoms with Gasteiger partial charge in [0.2, 0.25) is 0 Å². The Morgan fingerprint density at radius 1 is 0.960 bits per heavy atom. The molecule has 4 heteroatoms. The Kier molecular flexibility index (Phi) is 5.29. The quantitative estimate of drug-likeness (QED) is 0.585. The number of amides is 1. The molecule has 1 aliphatic rings. The van der Waals surface area contributed by atoms with E-state index in [0.717, 1.165) is 41.8 Å². The number of hydrogen-bond donors (Lipinski definition) is 1. The average molecular weight is 335 g/mol. The molecular weight excluding hydrogens is 314 g/mol. The van der Waals surface area contributed by atoms with Crippen molar-refractivity contribution in [3.05, 3.63) is 66.2 Å². The Labute approximate surface area is 147 Å². The summed E-state index contributed by atoms with van der Waals surface area (Å²) in [6.45, 7) is 0. The fourth-order valence-corrected chi connectivity index (χ4v) is 3.12. The summed E-state index contributed by atoms with van der Waals surface area (Å²) in [6, 6.07) is 17.5. The Balaban J connectivity index is 1.76. The van der Waals surface area contributed by atoms with E-state index in [1.54, 1.807) is 4.90 Å². The maximum atomic E-state index is 13.0. The van der Waals surface area contributed by atoms with Gasteiger partial charge in [-0.15, -0.1) is 0 Å². The zero-order chi connectivity index (χ0) is 17.6. The van der Waals surface area contributed by atoms with Gasteiger partial charge in [0.15, 0.2) is 0 Å². The first-order valence-electron chi connectivity index (χ1n) is 8.59. The lowest BCUT2D eigenvalue weighted by Gasteiger charge is -2.16. The number of unbranched alkanes of at least 4 members (excludes halogenated alkanes) is 3. The number of carboxylic acid groups (broad SMARTS) is 1. The van der Waals surface area contributed by atoms with Crippen LogP contribution in [-0.2, 0) is 9.59 Å². The number of nitrogens with zero attached hydrogens (tertiary/aromatic N) is 1. The number of allylic oxidation sites excluding steroid dienone is 1. The molecule has 0 atom stereocenters. The van der Waals surface area contributed by atoms with Crippen molar-refractivity contribution in [2.45, 2.75) is 32.1 Å².